The fraction of sp³-hybridized carbons (Fsp3) is 0.0667. The Hall–Kier alpha value is -2.30. The zero-order chi connectivity index (χ0) is 13.1. The summed E-state index contributed by atoms with van der Waals surface area (Å²) in [5, 5.41) is 8.45. The summed E-state index contributed by atoms with van der Waals surface area (Å²) in [6.07, 6.45) is 1.75. The second kappa shape index (κ2) is 5.14. The van der Waals surface area contributed by atoms with Crippen molar-refractivity contribution in [3.8, 4) is 0 Å². The molecule has 19 heavy (non-hydrogen) atoms. The highest BCUT2D eigenvalue weighted by Crippen LogP contribution is 2.32. The van der Waals surface area contributed by atoms with Crippen molar-refractivity contribution >= 4 is 11.8 Å². The first kappa shape index (κ1) is 11.8. The van der Waals surface area contributed by atoms with Crippen LogP contribution < -0.4 is 11.3 Å². The first-order chi connectivity index (χ1) is 9.38. The molecule has 0 aromatic heterocycles. The Balaban J connectivity index is 2.07. The van der Waals surface area contributed by atoms with Gasteiger partial charge in [-0.15, -0.1) is 0 Å². The summed E-state index contributed by atoms with van der Waals surface area (Å²) in [5.41, 5.74) is 6.72. The minimum atomic E-state index is -0.274. The Morgan fingerprint density at radius 2 is 1.74 bits per heavy atom. The Morgan fingerprint density at radius 3 is 2.53 bits per heavy atom. The zero-order valence-electron chi connectivity index (χ0n) is 10.3. The van der Waals surface area contributed by atoms with Crippen LogP contribution in [-0.2, 0) is 0 Å². The summed E-state index contributed by atoms with van der Waals surface area (Å²) in [6.45, 7) is 0. The van der Waals surface area contributed by atoms with Gasteiger partial charge >= 0.3 is 0 Å². The van der Waals surface area contributed by atoms with Gasteiger partial charge in [-0.1, -0.05) is 54.6 Å². The first-order valence-corrected chi connectivity index (χ1v) is 6.11. The van der Waals surface area contributed by atoms with E-state index in [0.717, 1.165) is 22.4 Å². The third-order valence-electron chi connectivity index (χ3n) is 3.07. The molecule has 3 N–H and O–H groups in total. The molecule has 0 amide bonds. The van der Waals surface area contributed by atoms with Gasteiger partial charge in [0.2, 0.25) is 0 Å². The molecule has 4 heteroatoms. The number of hydrazine groups is 1. The van der Waals surface area contributed by atoms with Crippen molar-refractivity contribution in [1.29, 1.82) is 0 Å². The van der Waals surface area contributed by atoms with Crippen LogP contribution in [0.25, 0.3) is 11.8 Å². The van der Waals surface area contributed by atoms with E-state index in [1.165, 1.54) is 0 Å². The van der Waals surface area contributed by atoms with Crippen molar-refractivity contribution in [2.75, 3.05) is 0 Å². The fourth-order valence-corrected chi connectivity index (χ4v) is 2.14. The van der Waals surface area contributed by atoms with Gasteiger partial charge in [-0.2, -0.15) is 10.2 Å². The molecule has 1 aliphatic rings. The summed E-state index contributed by atoms with van der Waals surface area (Å²) in [5.74, 6) is 5.49. The molecule has 0 radical (unpaired) electrons. The highest BCUT2D eigenvalue weighted by Gasteiger charge is 2.19. The van der Waals surface area contributed by atoms with E-state index >= 15 is 0 Å². The van der Waals surface area contributed by atoms with E-state index in [0.29, 0.717) is 0 Å². The van der Waals surface area contributed by atoms with E-state index in [4.69, 9.17) is 5.84 Å². The quantitative estimate of drug-likeness (QED) is 0.635. The molecule has 3 rings (SSSR count). The van der Waals surface area contributed by atoms with Gasteiger partial charge in [0.1, 0.15) is 0 Å². The molecule has 2 aromatic carbocycles. The number of nitrogens with zero attached hydrogens (tertiary/aromatic N) is 2. The second-order valence-electron chi connectivity index (χ2n) is 4.31. The second-order valence-corrected chi connectivity index (χ2v) is 4.31. The molecule has 1 aliphatic heterocycles. The van der Waals surface area contributed by atoms with Crippen molar-refractivity contribution in [3.63, 3.8) is 0 Å². The molecule has 1 unspecified atom stereocenters. The number of nitrogens with two attached hydrogens (primary N) is 1. The largest absolute Gasteiger partial charge is 0.269 e. The summed E-state index contributed by atoms with van der Waals surface area (Å²) in [4.78, 5) is 0. The minimum Gasteiger partial charge on any atom is -0.269 e. The van der Waals surface area contributed by atoms with Gasteiger partial charge in [0.05, 0.1) is 5.70 Å². The third-order valence-corrected chi connectivity index (χ3v) is 3.07. The lowest BCUT2D eigenvalue weighted by Crippen LogP contribution is -2.28. The van der Waals surface area contributed by atoms with Crippen LogP contribution in [0.1, 0.15) is 22.9 Å². The number of hydrogen-bond acceptors (Lipinski definition) is 4. The molecule has 0 fully saturated rings. The van der Waals surface area contributed by atoms with E-state index in [1.807, 2.05) is 60.7 Å². The Morgan fingerprint density at radius 1 is 1.00 bits per heavy atom. The predicted molar refractivity (Wildman–Crippen MR) is 75.7 cm³/mol. The van der Waals surface area contributed by atoms with Gasteiger partial charge in [-0.25, -0.2) is 5.43 Å². The van der Waals surface area contributed by atoms with Crippen LogP contribution in [-0.4, -0.2) is 0 Å². The SMILES string of the molecule is NNC1N=NC(=Cc2ccccc2)c2ccccc21. The number of hydrogen-bond donors (Lipinski definition) is 2. The van der Waals surface area contributed by atoms with Crippen molar-refractivity contribution in [1.82, 2.24) is 5.43 Å². The van der Waals surface area contributed by atoms with Gasteiger partial charge < -0.3 is 0 Å². The van der Waals surface area contributed by atoms with Crippen molar-refractivity contribution in [2.24, 2.45) is 16.1 Å². The van der Waals surface area contributed by atoms with E-state index < -0.39 is 0 Å². The normalized spacial score (nSPS) is 19.4. The lowest BCUT2D eigenvalue weighted by molar-refractivity contribution is 0.548. The standard InChI is InChI=1S/C15H14N4/c16-17-15-13-9-5-4-8-12(13)14(18-19-15)10-11-6-2-1-3-7-11/h1-10,15,17H,16H2. The van der Waals surface area contributed by atoms with Gasteiger partial charge in [-0.3, -0.25) is 5.84 Å². The monoisotopic (exact) mass is 250 g/mol. The van der Waals surface area contributed by atoms with E-state index in [1.54, 1.807) is 0 Å². The molecule has 2 aromatic rings. The summed E-state index contributed by atoms with van der Waals surface area (Å²) < 4.78 is 0. The maximum Gasteiger partial charge on any atom is 0.159 e. The van der Waals surface area contributed by atoms with Crippen LogP contribution in [0, 0.1) is 0 Å². The van der Waals surface area contributed by atoms with Gasteiger partial charge in [0, 0.05) is 11.1 Å². The Kier molecular flexibility index (Phi) is 3.18. The predicted octanol–water partition coefficient (Wildman–Crippen LogP) is 3.11. The number of rotatable bonds is 2. The molecular formula is C15H14N4. The smallest absolute Gasteiger partial charge is 0.159 e. The zero-order valence-corrected chi connectivity index (χ0v) is 10.3. The lowest BCUT2D eigenvalue weighted by Gasteiger charge is -2.19. The molecule has 0 saturated carbocycles. The maximum absolute atomic E-state index is 5.49. The topological polar surface area (TPSA) is 62.8 Å². The van der Waals surface area contributed by atoms with Gasteiger partial charge in [0.25, 0.3) is 0 Å². The van der Waals surface area contributed by atoms with Crippen LogP contribution in [0.5, 0.6) is 0 Å². The Bertz CT molecular complexity index is 632. The van der Waals surface area contributed by atoms with Crippen molar-refractivity contribution in [3.05, 3.63) is 71.3 Å². The number of benzene rings is 2. The average molecular weight is 250 g/mol. The highest BCUT2D eigenvalue weighted by molar-refractivity contribution is 5.82. The third kappa shape index (κ3) is 2.31. The van der Waals surface area contributed by atoms with Gasteiger partial charge in [0.15, 0.2) is 6.17 Å². The molecule has 94 valence electrons. The lowest BCUT2D eigenvalue weighted by atomic mass is 10.00. The molecular weight excluding hydrogens is 236 g/mol. The van der Waals surface area contributed by atoms with Gasteiger partial charge in [-0.05, 0) is 11.6 Å². The Labute approximate surface area is 111 Å². The number of fused-ring (bicyclic) bond motifs is 1. The molecule has 4 nitrogen and oxygen atoms in total. The van der Waals surface area contributed by atoms with Crippen LogP contribution in [0.2, 0.25) is 0 Å². The number of azo groups is 1. The maximum atomic E-state index is 5.49. The molecule has 1 heterocycles. The number of nitrogens with one attached hydrogen (secondary N) is 1. The molecule has 0 bridgehead atoms. The van der Waals surface area contributed by atoms with Crippen LogP contribution >= 0.6 is 0 Å². The molecule has 0 spiro atoms. The van der Waals surface area contributed by atoms with E-state index in [9.17, 15) is 0 Å². The molecule has 0 aliphatic carbocycles. The van der Waals surface area contributed by atoms with E-state index in [-0.39, 0.29) is 6.17 Å². The highest BCUT2D eigenvalue weighted by atomic mass is 15.3. The van der Waals surface area contributed by atoms with Crippen LogP contribution in [0.3, 0.4) is 0 Å². The van der Waals surface area contributed by atoms with Crippen molar-refractivity contribution < 1.29 is 0 Å². The first-order valence-electron chi connectivity index (χ1n) is 6.11. The van der Waals surface area contributed by atoms with Crippen molar-refractivity contribution in [2.45, 2.75) is 6.17 Å². The summed E-state index contributed by atoms with van der Waals surface area (Å²) in [7, 11) is 0. The molecule has 0 saturated heterocycles. The summed E-state index contributed by atoms with van der Waals surface area (Å²) in [6, 6.07) is 18.1. The average Bonchev–Trinajstić information content (AvgIpc) is 2.49. The van der Waals surface area contributed by atoms with E-state index in [2.05, 4.69) is 15.7 Å². The fourth-order valence-electron chi connectivity index (χ4n) is 2.14. The minimum absolute atomic E-state index is 0.274. The van der Waals surface area contributed by atoms with Crippen LogP contribution in [0.15, 0.2) is 64.8 Å². The van der Waals surface area contributed by atoms with Crippen LogP contribution in [0.4, 0.5) is 0 Å². The summed E-state index contributed by atoms with van der Waals surface area (Å²) >= 11 is 0. The molecule has 1 atom stereocenters.